The fourth-order valence-electron chi connectivity index (χ4n) is 2.53. The molecule has 0 aliphatic heterocycles. The highest BCUT2D eigenvalue weighted by Crippen LogP contribution is 2.33. The highest BCUT2D eigenvalue weighted by atomic mass is 16.5. The number of carbonyl (C=O) groups is 1. The Bertz CT molecular complexity index is 925. The van der Waals surface area contributed by atoms with E-state index in [1.807, 2.05) is 19.1 Å². The van der Waals surface area contributed by atoms with Crippen LogP contribution in [0.25, 0.3) is 0 Å². The van der Waals surface area contributed by atoms with E-state index >= 15 is 0 Å². The molecule has 0 atom stereocenters. The standard InChI is InChI=1S/C21H20N2O4/c1-14-11-19(25-2)20(26-3)12-18(14)23-21(24)15-6-8-16(9-7-15)27-17-5-4-10-22-13-17/h4-13H,1-3H3,(H,23,24). The van der Waals surface area contributed by atoms with Crippen molar-refractivity contribution in [3.05, 3.63) is 72.1 Å². The summed E-state index contributed by atoms with van der Waals surface area (Å²) in [5, 5.41) is 2.90. The molecule has 0 spiro atoms. The largest absolute Gasteiger partial charge is 0.493 e. The number of carbonyl (C=O) groups excluding carboxylic acids is 1. The minimum Gasteiger partial charge on any atom is -0.493 e. The van der Waals surface area contributed by atoms with Gasteiger partial charge in [0.2, 0.25) is 0 Å². The molecule has 1 aromatic heterocycles. The van der Waals surface area contributed by atoms with E-state index in [2.05, 4.69) is 10.3 Å². The number of ether oxygens (including phenoxy) is 3. The summed E-state index contributed by atoms with van der Waals surface area (Å²) in [6.45, 7) is 1.89. The quantitative estimate of drug-likeness (QED) is 0.700. The van der Waals surface area contributed by atoms with Crippen molar-refractivity contribution >= 4 is 11.6 Å². The normalized spacial score (nSPS) is 10.2. The molecule has 1 heterocycles. The fourth-order valence-corrected chi connectivity index (χ4v) is 2.53. The van der Waals surface area contributed by atoms with Crippen molar-refractivity contribution < 1.29 is 19.0 Å². The second kappa shape index (κ2) is 8.23. The van der Waals surface area contributed by atoms with E-state index in [1.165, 1.54) is 0 Å². The smallest absolute Gasteiger partial charge is 0.255 e. The summed E-state index contributed by atoms with van der Waals surface area (Å²) in [5.41, 5.74) is 2.05. The average molecular weight is 364 g/mol. The molecule has 138 valence electrons. The maximum atomic E-state index is 12.6. The van der Waals surface area contributed by atoms with Crippen molar-refractivity contribution in [3.63, 3.8) is 0 Å². The summed E-state index contributed by atoms with van der Waals surface area (Å²) in [4.78, 5) is 16.6. The Morgan fingerprint density at radius 2 is 1.67 bits per heavy atom. The number of amides is 1. The number of rotatable bonds is 6. The van der Waals surface area contributed by atoms with Gasteiger partial charge in [0.1, 0.15) is 11.5 Å². The number of benzene rings is 2. The Balaban J connectivity index is 1.73. The van der Waals surface area contributed by atoms with Crippen molar-refractivity contribution in [1.29, 1.82) is 0 Å². The van der Waals surface area contributed by atoms with Gasteiger partial charge < -0.3 is 19.5 Å². The molecule has 6 heteroatoms. The van der Waals surface area contributed by atoms with E-state index in [-0.39, 0.29) is 5.91 Å². The summed E-state index contributed by atoms with van der Waals surface area (Å²) in [6.07, 6.45) is 3.30. The Morgan fingerprint density at radius 1 is 0.963 bits per heavy atom. The highest BCUT2D eigenvalue weighted by Gasteiger charge is 2.12. The van der Waals surface area contributed by atoms with E-state index in [1.54, 1.807) is 63.0 Å². The van der Waals surface area contributed by atoms with Crippen LogP contribution in [0.2, 0.25) is 0 Å². The molecule has 3 aromatic rings. The first-order valence-electron chi connectivity index (χ1n) is 8.32. The Labute approximate surface area is 157 Å². The number of pyridine rings is 1. The number of aryl methyl sites for hydroxylation is 1. The van der Waals surface area contributed by atoms with Crippen molar-refractivity contribution in [2.75, 3.05) is 19.5 Å². The molecule has 27 heavy (non-hydrogen) atoms. The van der Waals surface area contributed by atoms with Gasteiger partial charge in [-0.1, -0.05) is 0 Å². The maximum Gasteiger partial charge on any atom is 0.255 e. The summed E-state index contributed by atoms with van der Waals surface area (Å²) < 4.78 is 16.2. The first-order chi connectivity index (χ1) is 13.1. The van der Waals surface area contributed by atoms with E-state index < -0.39 is 0 Å². The molecule has 1 N–H and O–H groups in total. The molecule has 2 aromatic carbocycles. The van der Waals surface area contributed by atoms with Crippen LogP contribution in [0.4, 0.5) is 5.69 Å². The molecule has 6 nitrogen and oxygen atoms in total. The zero-order valence-corrected chi connectivity index (χ0v) is 15.4. The third-order valence-electron chi connectivity index (χ3n) is 3.97. The number of aromatic nitrogens is 1. The Morgan fingerprint density at radius 3 is 2.30 bits per heavy atom. The van der Waals surface area contributed by atoms with Crippen molar-refractivity contribution in [3.8, 4) is 23.0 Å². The van der Waals surface area contributed by atoms with Gasteiger partial charge in [-0.25, -0.2) is 0 Å². The molecule has 0 saturated carbocycles. The lowest BCUT2D eigenvalue weighted by molar-refractivity contribution is 0.102. The molecule has 0 aliphatic rings. The minimum absolute atomic E-state index is 0.224. The Kier molecular flexibility index (Phi) is 5.56. The van der Waals surface area contributed by atoms with Gasteiger partial charge in [-0.05, 0) is 55.0 Å². The first kappa shape index (κ1) is 18.3. The van der Waals surface area contributed by atoms with E-state index in [9.17, 15) is 4.79 Å². The average Bonchev–Trinajstić information content (AvgIpc) is 2.70. The number of methoxy groups -OCH3 is 2. The second-order valence-corrected chi connectivity index (χ2v) is 5.79. The lowest BCUT2D eigenvalue weighted by atomic mass is 10.1. The third kappa shape index (κ3) is 4.36. The van der Waals surface area contributed by atoms with Gasteiger partial charge in [0, 0.05) is 23.5 Å². The predicted octanol–water partition coefficient (Wildman–Crippen LogP) is 4.45. The van der Waals surface area contributed by atoms with Gasteiger partial charge in [-0.2, -0.15) is 0 Å². The van der Waals surface area contributed by atoms with Gasteiger partial charge in [0.25, 0.3) is 5.91 Å². The van der Waals surface area contributed by atoms with Crippen LogP contribution < -0.4 is 19.5 Å². The fraction of sp³-hybridized carbons (Fsp3) is 0.143. The van der Waals surface area contributed by atoms with Crippen LogP contribution >= 0.6 is 0 Å². The summed E-state index contributed by atoms with van der Waals surface area (Å²) in [7, 11) is 3.13. The molecule has 1 amide bonds. The highest BCUT2D eigenvalue weighted by molar-refractivity contribution is 6.04. The lowest BCUT2D eigenvalue weighted by Gasteiger charge is -2.14. The number of nitrogens with zero attached hydrogens (tertiary/aromatic N) is 1. The number of anilines is 1. The van der Waals surface area contributed by atoms with Crippen molar-refractivity contribution in [1.82, 2.24) is 4.98 Å². The van der Waals surface area contributed by atoms with Crippen LogP contribution in [0.5, 0.6) is 23.0 Å². The van der Waals surface area contributed by atoms with E-state index in [4.69, 9.17) is 14.2 Å². The predicted molar refractivity (Wildman–Crippen MR) is 103 cm³/mol. The molecule has 0 radical (unpaired) electrons. The van der Waals surface area contributed by atoms with Gasteiger partial charge in [-0.3, -0.25) is 9.78 Å². The first-order valence-corrected chi connectivity index (χ1v) is 8.32. The van der Waals surface area contributed by atoms with Crippen molar-refractivity contribution in [2.24, 2.45) is 0 Å². The van der Waals surface area contributed by atoms with Crippen LogP contribution in [0.15, 0.2) is 60.9 Å². The number of nitrogens with one attached hydrogen (secondary N) is 1. The van der Waals surface area contributed by atoms with E-state index in [0.717, 1.165) is 5.56 Å². The SMILES string of the molecule is COc1cc(C)c(NC(=O)c2ccc(Oc3cccnc3)cc2)cc1OC. The van der Waals surface area contributed by atoms with Crippen LogP contribution in [0, 0.1) is 6.92 Å². The van der Waals surface area contributed by atoms with Crippen LogP contribution in [0.1, 0.15) is 15.9 Å². The molecular weight excluding hydrogens is 344 g/mol. The van der Waals surface area contributed by atoms with E-state index in [0.29, 0.717) is 34.2 Å². The minimum atomic E-state index is -0.224. The van der Waals surface area contributed by atoms with Gasteiger partial charge in [0.05, 0.1) is 20.4 Å². The zero-order chi connectivity index (χ0) is 19.2. The van der Waals surface area contributed by atoms with Gasteiger partial charge in [0.15, 0.2) is 11.5 Å². The number of hydrogen-bond donors (Lipinski definition) is 1. The molecular formula is C21H20N2O4. The van der Waals surface area contributed by atoms with Crippen LogP contribution in [0.3, 0.4) is 0 Å². The maximum absolute atomic E-state index is 12.6. The lowest BCUT2D eigenvalue weighted by Crippen LogP contribution is -2.13. The summed E-state index contributed by atoms with van der Waals surface area (Å²) in [6, 6.07) is 14.1. The summed E-state index contributed by atoms with van der Waals surface area (Å²) >= 11 is 0. The molecule has 0 saturated heterocycles. The molecule has 0 bridgehead atoms. The zero-order valence-electron chi connectivity index (χ0n) is 15.4. The van der Waals surface area contributed by atoms with Crippen LogP contribution in [-0.4, -0.2) is 25.1 Å². The van der Waals surface area contributed by atoms with Crippen LogP contribution in [-0.2, 0) is 0 Å². The van der Waals surface area contributed by atoms with Crippen molar-refractivity contribution in [2.45, 2.75) is 6.92 Å². The molecule has 0 aliphatic carbocycles. The molecule has 0 fully saturated rings. The topological polar surface area (TPSA) is 69.7 Å². The Hall–Kier alpha value is -3.54. The summed E-state index contributed by atoms with van der Waals surface area (Å²) in [5.74, 6) is 2.21. The monoisotopic (exact) mass is 364 g/mol. The van der Waals surface area contributed by atoms with Gasteiger partial charge >= 0.3 is 0 Å². The third-order valence-corrected chi connectivity index (χ3v) is 3.97. The molecule has 3 rings (SSSR count). The second-order valence-electron chi connectivity index (χ2n) is 5.79. The number of hydrogen-bond acceptors (Lipinski definition) is 5. The molecule has 0 unspecified atom stereocenters. The van der Waals surface area contributed by atoms with Gasteiger partial charge in [-0.15, -0.1) is 0 Å².